The van der Waals surface area contributed by atoms with E-state index in [4.69, 9.17) is 0 Å². The average Bonchev–Trinajstić information content (AvgIpc) is 2.26. The SMILES string of the molecule is C.C.C.C.C.C.CC[I-]C(CCPC)C(CC)C(C)CC. The van der Waals surface area contributed by atoms with Crippen LogP contribution in [0, 0.1) is 11.8 Å². The summed E-state index contributed by atoms with van der Waals surface area (Å²) in [6, 6.07) is 0. The van der Waals surface area contributed by atoms with E-state index in [-0.39, 0.29) is 44.6 Å². The van der Waals surface area contributed by atoms with E-state index in [0.29, 0.717) is 21.2 Å². The van der Waals surface area contributed by atoms with Crippen molar-refractivity contribution in [2.75, 3.05) is 17.3 Å². The van der Waals surface area contributed by atoms with Crippen molar-refractivity contribution >= 4 is 8.58 Å². The van der Waals surface area contributed by atoms with Gasteiger partial charge in [-0.05, 0) is 0 Å². The summed E-state index contributed by atoms with van der Waals surface area (Å²) >= 11 is 0.468. The molecular weight excluding hydrogens is 386 g/mol. The van der Waals surface area contributed by atoms with Gasteiger partial charge in [-0.25, -0.2) is 0 Å². The molecule has 0 saturated heterocycles. The Bertz CT molecular complexity index is 140. The van der Waals surface area contributed by atoms with E-state index in [0.717, 1.165) is 24.3 Å². The molecule has 4 unspecified atom stereocenters. The maximum absolute atomic E-state index is 2.47. The van der Waals surface area contributed by atoms with Gasteiger partial charge in [0.1, 0.15) is 0 Å². The molecule has 0 spiro atoms. The number of rotatable bonds is 9. The second kappa shape index (κ2) is 29.2. The zero-order valence-corrected chi connectivity index (χ0v) is 14.3. The van der Waals surface area contributed by atoms with Gasteiger partial charge in [-0.2, -0.15) is 0 Å². The van der Waals surface area contributed by atoms with Crippen LogP contribution < -0.4 is 21.2 Å². The first-order valence-corrected chi connectivity index (χ1v) is 10.9. The molecule has 0 heterocycles. The van der Waals surface area contributed by atoms with Crippen molar-refractivity contribution in [1.29, 1.82) is 0 Å². The Morgan fingerprint density at radius 1 is 0.857 bits per heavy atom. The molecule has 0 aliphatic heterocycles. The van der Waals surface area contributed by atoms with Gasteiger partial charge in [0, 0.05) is 0 Å². The van der Waals surface area contributed by atoms with Crippen LogP contribution in [0.2, 0.25) is 0 Å². The minimum absolute atomic E-state index is 0. The van der Waals surface area contributed by atoms with Crippen LogP contribution in [0.4, 0.5) is 0 Å². The molecule has 0 fully saturated rings. The summed E-state index contributed by atoms with van der Waals surface area (Å²) in [5.41, 5.74) is 0. The summed E-state index contributed by atoms with van der Waals surface area (Å²) in [5, 5.41) is 0. The fourth-order valence-electron chi connectivity index (χ4n) is 2.20. The van der Waals surface area contributed by atoms with Crippen LogP contribution in [0.25, 0.3) is 0 Å². The molecule has 142 valence electrons. The fourth-order valence-corrected chi connectivity index (χ4v) is 7.14. The van der Waals surface area contributed by atoms with Gasteiger partial charge in [-0.15, -0.1) is 0 Å². The van der Waals surface area contributed by atoms with Gasteiger partial charge in [0.15, 0.2) is 0 Å². The van der Waals surface area contributed by atoms with Gasteiger partial charge in [-0.1, -0.05) is 44.6 Å². The van der Waals surface area contributed by atoms with Crippen molar-refractivity contribution in [2.45, 2.75) is 95.4 Å². The summed E-state index contributed by atoms with van der Waals surface area (Å²) in [6.07, 6.45) is 5.79. The number of halogens is 1. The standard InChI is InChI=1S/C13H29IP.6CH4/c1-6-11(4)12(7-2)13(14-8-3)9-10-15-5;;;;;;/h11-13,15H,6-10H2,1-5H3;6*1H4/q-1;;;;;;. The molecular formula is C19H53IP-. The molecule has 21 heavy (non-hydrogen) atoms. The van der Waals surface area contributed by atoms with Gasteiger partial charge in [0.25, 0.3) is 0 Å². The van der Waals surface area contributed by atoms with Gasteiger partial charge >= 0.3 is 110 Å². The molecule has 2 heteroatoms. The van der Waals surface area contributed by atoms with Gasteiger partial charge in [0.05, 0.1) is 0 Å². The van der Waals surface area contributed by atoms with Crippen LogP contribution in [-0.4, -0.2) is 21.2 Å². The van der Waals surface area contributed by atoms with E-state index in [1.54, 1.807) is 0 Å². The summed E-state index contributed by atoms with van der Waals surface area (Å²) in [4.78, 5) is 0. The van der Waals surface area contributed by atoms with E-state index in [1.165, 1.54) is 29.9 Å². The van der Waals surface area contributed by atoms with E-state index in [9.17, 15) is 0 Å². The van der Waals surface area contributed by atoms with Crippen molar-refractivity contribution in [3.8, 4) is 0 Å². The van der Waals surface area contributed by atoms with E-state index in [2.05, 4.69) is 34.4 Å². The second-order valence-corrected chi connectivity index (χ2v) is 9.50. The third-order valence-corrected chi connectivity index (χ3v) is 7.68. The molecule has 0 nitrogen and oxygen atoms in total. The van der Waals surface area contributed by atoms with Crippen LogP contribution >= 0.6 is 8.58 Å². The van der Waals surface area contributed by atoms with E-state index < -0.39 is 0 Å². The maximum atomic E-state index is 2.47. The van der Waals surface area contributed by atoms with E-state index in [1.807, 2.05) is 0 Å². The molecule has 0 aliphatic rings. The second-order valence-electron chi connectivity index (χ2n) is 4.29. The summed E-state index contributed by atoms with van der Waals surface area (Å²) in [6.45, 7) is 12.0. The predicted molar refractivity (Wildman–Crippen MR) is 112 cm³/mol. The Labute approximate surface area is 154 Å². The fraction of sp³-hybridized carbons (Fsp3) is 1.00. The predicted octanol–water partition coefficient (Wildman–Crippen LogP) is 5.05. The molecule has 0 amide bonds. The summed E-state index contributed by atoms with van der Waals surface area (Å²) in [5.74, 6) is 1.98. The molecule has 0 aliphatic carbocycles. The Hall–Kier alpha value is 1.16. The van der Waals surface area contributed by atoms with Crippen molar-refractivity contribution in [2.24, 2.45) is 11.8 Å². The van der Waals surface area contributed by atoms with Gasteiger partial charge in [-0.3, -0.25) is 0 Å². The third-order valence-electron chi connectivity index (χ3n) is 3.33. The minimum atomic E-state index is 0. The molecule has 0 N–H and O–H groups in total. The number of hydrogen-bond acceptors (Lipinski definition) is 0. The average molecular weight is 440 g/mol. The molecule has 0 radical (unpaired) electrons. The topological polar surface area (TPSA) is 0 Å². The molecule has 0 rings (SSSR count). The van der Waals surface area contributed by atoms with Crippen molar-refractivity contribution in [3.63, 3.8) is 0 Å². The number of alkyl halides is 2. The van der Waals surface area contributed by atoms with Gasteiger partial charge < -0.3 is 0 Å². The van der Waals surface area contributed by atoms with Gasteiger partial charge in [0.2, 0.25) is 0 Å². The summed E-state index contributed by atoms with van der Waals surface area (Å²) in [7, 11) is 1.16. The number of hydrogen-bond donors (Lipinski definition) is 0. The summed E-state index contributed by atoms with van der Waals surface area (Å²) < 4.78 is 2.59. The first kappa shape index (κ1) is 43.2. The van der Waals surface area contributed by atoms with E-state index >= 15 is 0 Å². The molecule has 0 aromatic carbocycles. The van der Waals surface area contributed by atoms with Crippen LogP contribution in [-0.2, 0) is 0 Å². The van der Waals surface area contributed by atoms with Crippen LogP contribution in [0.3, 0.4) is 0 Å². The molecule has 0 saturated carbocycles. The van der Waals surface area contributed by atoms with Crippen molar-refractivity contribution in [3.05, 3.63) is 0 Å². The zero-order chi connectivity index (χ0) is 11.7. The molecule has 0 aromatic heterocycles. The normalized spacial score (nSPS) is 13.2. The molecule has 0 bridgehead atoms. The molecule has 4 atom stereocenters. The first-order valence-electron chi connectivity index (χ1n) is 6.43. The van der Waals surface area contributed by atoms with Crippen LogP contribution in [0.15, 0.2) is 0 Å². The van der Waals surface area contributed by atoms with Crippen LogP contribution in [0.1, 0.15) is 91.5 Å². The zero-order valence-electron chi connectivity index (χ0n) is 11.1. The van der Waals surface area contributed by atoms with Crippen molar-refractivity contribution in [1.82, 2.24) is 0 Å². The monoisotopic (exact) mass is 439 g/mol. The first-order chi connectivity index (χ1) is 7.21. The van der Waals surface area contributed by atoms with Crippen molar-refractivity contribution < 1.29 is 21.2 Å². The quantitative estimate of drug-likeness (QED) is 0.268. The van der Waals surface area contributed by atoms with Crippen LogP contribution in [0.5, 0.6) is 0 Å². The Balaban J connectivity index is -0.0000000653. The third kappa shape index (κ3) is 19.1. The Kier molecular flexibility index (Phi) is 60.0. The Morgan fingerprint density at radius 2 is 1.33 bits per heavy atom. The Morgan fingerprint density at radius 3 is 1.62 bits per heavy atom. The molecule has 0 aromatic rings.